The van der Waals surface area contributed by atoms with Gasteiger partial charge in [0.15, 0.2) is 0 Å². The zero-order valence-electron chi connectivity index (χ0n) is 14.3. The maximum absolute atomic E-state index is 6.35. The summed E-state index contributed by atoms with van der Waals surface area (Å²) in [6, 6.07) is 0. The van der Waals surface area contributed by atoms with Crippen LogP contribution in [-0.4, -0.2) is 36.4 Å². The molecule has 2 rings (SSSR count). The van der Waals surface area contributed by atoms with Crippen LogP contribution < -0.4 is 5.32 Å². The van der Waals surface area contributed by atoms with E-state index in [4.69, 9.17) is 14.5 Å². The van der Waals surface area contributed by atoms with Crippen LogP contribution in [0, 0.1) is 13.8 Å². The minimum Gasteiger partial charge on any atom is -0.383 e. The molecule has 1 aliphatic rings. The number of thiazole rings is 1. The number of methoxy groups -OCH3 is 1. The van der Waals surface area contributed by atoms with Crippen LogP contribution in [0.3, 0.4) is 0 Å². The largest absolute Gasteiger partial charge is 0.383 e. The first kappa shape index (κ1) is 16.9. The average Bonchev–Trinajstić information content (AvgIpc) is 2.75. The van der Waals surface area contributed by atoms with Gasteiger partial charge >= 0.3 is 0 Å². The maximum Gasteiger partial charge on any atom is 0.116 e. The standard InChI is InChI=1S/C16H28N2O2S/c1-11-12(2)21-13(18-11)16(17-8-9-19-7)10-14(3,4)20-15(16,5)6/h17H,8-10H2,1-7H3. The molecule has 1 aromatic rings. The summed E-state index contributed by atoms with van der Waals surface area (Å²) < 4.78 is 11.6. The number of hydrogen-bond donors (Lipinski definition) is 1. The van der Waals surface area contributed by atoms with Crippen LogP contribution in [0.25, 0.3) is 0 Å². The molecular weight excluding hydrogens is 284 g/mol. The number of rotatable bonds is 5. The summed E-state index contributed by atoms with van der Waals surface area (Å²) in [6.45, 7) is 14.3. The smallest absolute Gasteiger partial charge is 0.116 e. The second-order valence-corrected chi connectivity index (χ2v) is 8.24. The van der Waals surface area contributed by atoms with E-state index in [0.717, 1.165) is 23.7 Å². The van der Waals surface area contributed by atoms with E-state index < -0.39 is 0 Å². The monoisotopic (exact) mass is 312 g/mol. The second kappa shape index (κ2) is 5.61. The fourth-order valence-corrected chi connectivity index (χ4v) is 4.60. The molecule has 1 saturated heterocycles. The lowest BCUT2D eigenvalue weighted by Gasteiger charge is -2.39. The number of ether oxygens (including phenoxy) is 2. The first-order chi connectivity index (χ1) is 9.63. The topological polar surface area (TPSA) is 43.4 Å². The third kappa shape index (κ3) is 3.02. The van der Waals surface area contributed by atoms with Crippen LogP contribution in [0.2, 0.25) is 0 Å². The Morgan fingerprint density at radius 1 is 1.29 bits per heavy atom. The molecule has 1 unspecified atom stereocenters. The summed E-state index contributed by atoms with van der Waals surface area (Å²) in [5.41, 5.74) is 0.361. The van der Waals surface area contributed by atoms with Crippen LogP contribution in [0.1, 0.15) is 49.7 Å². The van der Waals surface area contributed by atoms with Gasteiger partial charge < -0.3 is 14.8 Å². The summed E-state index contributed by atoms with van der Waals surface area (Å²) in [5.74, 6) is 0. The molecule has 21 heavy (non-hydrogen) atoms. The van der Waals surface area contributed by atoms with E-state index in [2.05, 4.69) is 46.9 Å². The van der Waals surface area contributed by atoms with Crippen LogP contribution >= 0.6 is 11.3 Å². The van der Waals surface area contributed by atoms with Gasteiger partial charge in [0.05, 0.1) is 23.5 Å². The quantitative estimate of drug-likeness (QED) is 0.848. The van der Waals surface area contributed by atoms with E-state index in [0.29, 0.717) is 6.61 Å². The lowest BCUT2D eigenvalue weighted by molar-refractivity contribution is -0.0847. The highest BCUT2D eigenvalue weighted by Gasteiger charge is 2.59. The van der Waals surface area contributed by atoms with Gasteiger partial charge in [0.2, 0.25) is 0 Å². The predicted octanol–water partition coefficient (Wildman–Crippen LogP) is 3.17. The highest BCUT2D eigenvalue weighted by molar-refractivity contribution is 7.11. The minimum atomic E-state index is -0.318. The van der Waals surface area contributed by atoms with Gasteiger partial charge in [-0.05, 0) is 41.5 Å². The van der Waals surface area contributed by atoms with Crippen molar-refractivity contribution in [2.45, 2.75) is 64.7 Å². The Morgan fingerprint density at radius 3 is 2.38 bits per heavy atom. The molecule has 5 heteroatoms. The molecule has 0 aliphatic carbocycles. The average molecular weight is 312 g/mol. The maximum atomic E-state index is 6.35. The Hall–Kier alpha value is -0.490. The Kier molecular flexibility index (Phi) is 4.51. The number of nitrogens with one attached hydrogen (secondary N) is 1. The zero-order chi connectivity index (χ0) is 15.9. The van der Waals surface area contributed by atoms with Crippen molar-refractivity contribution in [1.29, 1.82) is 0 Å². The van der Waals surface area contributed by atoms with Gasteiger partial charge in [-0.2, -0.15) is 0 Å². The number of aryl methyl sites for hydroxylation is 2. The van der Waals surface area contributed by atoms with Crippen LogP contribution in [0.4, 0.5) is 0 Å². The van der Waals surface area contributed by atoms with Gasteiger partial charge in [-0.3, -0.25) is 0 Å². The van der Waals surface area contributed by atoms with Gasteiger partial charge in [0.1, 0.15) is 10.5 Å². The summed E-state index contributed by atoms with van der Waals surface area (Å²) in [7, 11) is 1.73. The molecule has 120 valence electrons. The molecule has 1 atom stereocenters. The molecule has 0 amide bonds. The summed E-state index contributed by atoms with van der Waals surface area (Å²) >= 11 is 1.78. The van der Waals surface area contributed by atoms with E-state index in [1.54, 1.807) is 18.4 Å². The summed E-state index contributed by atoms with van der Waals surface area (Å²) in [6.07, 6.45) is 0.906. The summed E-state index contributed by atoms with van der Waals surface area (Å²) in [4.78, 5) is 6.12. The minimum absolute atomic E-state index is 0.170. The fourth-order valence-electron chi connectivity index (χ4n) is 3.37. The molecule has 0 saturated carbocycles. The number of hydrogen-bond acceptors (Lipinski definition) is 5. The van der Waals surface area contributed by atoms with Crippen molar-refractivity contribution < 1.29 is 9.47 Å². The molecule has 1 N–H and O–H groups in total. The van der Waals surface area contributed by atoms with Crippen molar-refractivity contribution in [2.24, 2.45) is 0 Å². The van der Waals surface area contributed by atoms with E-state index in [1.807, 2.05) is 0 Å². The van der Waals surface area contributed by atoms with Crippen molar-refractivity contribution >= 4 is 11.3 Å². The Balaban J connectivity index is 2.44. The molecule has 1 aliphatic heterocycles. The van der Waals surface area contributed by atoms with Crippen LogP contribution in [0.5, 0.6) is 0 Å². The lowest BCUT2D eigenvalue weighted by Crippen LogP contribution is -2.55. The first-order valence-electron chi connectivity index (χ1n) is 7.52. The second-order valence-electron chi connectivity index (χ2n) is 7.03. The third-order valence-electron chi connectivity index (χ3n) is 4.38. The van der Waals surface area contributed by atoms with Gasteiger partial charge in [-0.1, -0.05) is 0 Å². The number of aromatic nitrogens is 1. The SMILES string of the molecule is COCCNC1(c2nc(C)c(C)s2)CC(C)(C)OC1(C)C. The van der Waals surface area contributed by atoms with Gasteiger partial charge in [0, 0.05) is 25.0 Å². The molecule has 0 aromatic carbocycles. The van der Waals surface area contributed by atoms with E-state index in [-0.39, 0.29) is 16.7 Å². The highest BCUT2D eigenvalue weighted by Crippen LogP contribution is 2.51. The van der Waals surface area contributed by atoms with Crippen molar-refractivity contribution in [3.05, 3.63) is 15.6 Å². The van der Waals surface area contributed by atoms with Gasteiger partial charge in [-0.15, -0.1) is 11.3 Å². The first-order valence-corrected chi connectivity index (χ1v) is 8.34. The normalized spacial score (nSPS) is 27.2. The Bertz CT molecular complexity index is 491. The van der Waals surface area contributed by atoms with Crippen LogP contribution in [0.15, 0.2) is 0 Å². The molecular formula is C16H28N2O2S. The van der Waals surface area contributed by atoms with Crippen molar-refractivity contribution in [3.8, 4) is 0 Å². The van der Waals surface area contributed by atoms with E-state index in [9.17, 15) is 0 Å². The Labute approximate surface area is 132 Å². The molecule has 2 heterocycles. The third-order valence-corrected chi connectivity index (χ3v) is 5.61. The molecule has 0 radical (unpaired) electrons. The molecule has 1 fully saturated rings. The Morgan fingerprint density at radius 2 is 1.95 bits per heavy atom. The molecule has 1 aromatic heterocycles. The fraction of sp³-hybridized carbons (Fsp3) is 0.812. The molecule has 0 bridgehead atoms. The summed E-state index contributed by atoms with van der Waals surface area (Å²) in [5, 5.41) is 4.83. The zero-order valence-corrected chi connectivity index (χ0v) is 15.1. The van der Waals surface area contributed by atoms with Crippen LogP contribution in [-0.2, 0) is 15.0 Å². The molecule has 4 nitrogen and oxygen atoms in total. The highest BCUT2D eigenvalue weighted by atomic mass is 32.1. The van der Waals surface area contributed by atoms with Crippen molar-refractivity contribution in [3.63, 3.8) is 0 Å². The number of nitrogens with zero attached hydrogens (tertiary/aromatic N) is 1. The van der Waals surface area contributed by atoms with Gasteiger partial charge in [0.25, 0.3) is 0 Å². The lowest BCUT2D eigenvalue weighted by atomic mass is 9.79. The van der Waals surface area contributed by atoms with Gasteiger partial charge in [-0.25, -0.2) is 4.98 Å². The van der Waals surface area contributed by atoms with E-state index >= 15 is 0 Å². The predicted molar refractivity (Wildman–Crippen MR) is 87.0 cm³/mol. The van der Waals surface area contributed by atoms with Crippen molar-refractivity contribution in [1.82, 2.24) is 10.3 Å². The molecule has 0 spiro atoms. The van der Waals surface area contributed by atoms with E-state index in [1.165, 1.54) is 4.88 Å². The van der Waals surface area contributed by atoms with Crippen molar-refractivity contribution in [2.75, 3.05) is 20.3 Å².